The first-order chi connectivity index (χ1) is 26.2. The molecule has 7 heteroatoms. The molecule has 11 aromatic rings. The van der Waals surface area contributed by atoms with Gasteiger partial charge in [-0.25, -0.2) is 19.9 Å². The fraction of sp³-hybridized carbons (Fsp3) is 0. The summed E-state index contributed by atoms with van der Waals surface area (Å²) >= 11 is 3.53. The Bertz CT molecular complexity index is 3140. The van der Waals surface area contributed by atoms with Gasteiger partial charge in [0.1, 0.15) is 5.01 Å². The van der Waals surface area contributed by atoms with Crippen LogP contribution >= 0.6 is 22.7 Å². The number of aromatic nitrogens is 5. The maximum atomic E-state index is 5.16. The van der Waals surface area contributed by atoms with Crippen molar-refractivity contribution in [2.45, 2.75) is 0 Å². The number of rotatable bonds is 5. The molecule has 0 saturated heterocycles. The van der Waals surface area contributed by atoms with Crippen LogP contribution in [-0.2, 0) is 0 Å². The molecule has 7 aromatic carbocycles. The van der Waals surface area contributed by atoms with Crippen LogP contribution in [0.2, 0.25) is 0 Å². The Balaban J connectivity index is 1.06. The Morgan fingerprint density at radius 3 is 1.87 bits per heavy atom. The SMILES string of the molecule is c1ccc(-c2nc(-c3ccc(-n4c5ccccc5c5ccc(-c6nc7ccccc7s6)cc54)cc3)nc(-c3cccc4sc5ccccc5c34)n2)cc1. The molecule has 0 aliphatic carbocycles. The van der Waals surface area contributed by atoms with Gasteiger partial charge < -0.3 is 4.57 Å². The summed E-state index contributed by atoms with van der Waals surface area (Å²) in [5, 5.41) is 5.84. The predicted molar refractivity (Wildman–Crippen MR) is 222 cm³/mol. The van der Waals surface area contributed by atoms with Crippen LogP contribution in [-0.4, -0.2) is 24.5 Å². The van der Waals surface area contributed by atoms with Crippen molar-refractivity contribution in [2.75, 3.05) is 0 Å². The molecule has 248 valence electrons. The summed E-state index contributed by atoms with van der Waals surface area (Å²) in [6.45, 7) is 0. The topological polar surface area (TPSA) is 56.5 Å². The van der Waals surface area contributed by atoms with Crippen LogP contribution in [0.4, 0.5) is 0 Å². The highest BCUT2D eigenvalue weighted by Crippen LogP contribution is 2.40. The molecule has 0 amide bonds. The molecule has 5 nitrogen and oxygen atoms in total. The molecule has 4 aromatic heterocycles. The van der Waals surface area contributed by atoms with E-state index < -0.39 is 0 Å². The van der Waals surface area contributed by atoms with E-state index in [9.17, 15) is 0 Å². The molecule has 11 rings (SSSR count). The van der Waals surface area contributed by atoms with Gasteiger partial charge in [-0.05, 0) is 60.7 Å². The van der Waals surface area contributed by atoms with Crippen LogP contribution < -0.4 is 0 Å². The number of nitrogens with zero attached hydrogens (tertiary/aromatic N) is 5. The average Bonchev–Trinajstić information content (AvgIpc) is 3.93. The minimum absolute atomic E-state index is 0.636. The second-order valence-electron chi connectivity index (χ2n) is 13.1. The Morgan fingerprint density at radius 1 is 0.396 bits per heavy atom. The molecule has 0 fully saturated rings. The molecule has 0 bridgehead atoms. The van der Waals surface area contributed by atoms with Crippen molar-refractivity contribution in [1.29, 1.82) is 0 Å². The lowest BCUT2D eigenvalue weighted by Gasteiger charge is -2.11. The molecule has 4 heterocycles. The first-order valence-electron chi connectivity index (χ1n) is 17.5. The fourth-order valence-corrected chi connectivity index (χ4v) is 9.53. The molecule has 53 heavy (non-hydrogen) atoms. The number of hydrogen-bond donors (Lipinski definition) is 0. The van der Waals surface area contributed by atoms with E-state index >= 15 is 0 Å². The lowest BCUT2D eigenvalue weighted by atomic mass is 10.1. The van der Waals surface area contributed by atoms with Crippen LogP contribution in [0.3, 0.4) is 0 Å². The zero-order valence-electron chi connectivity index (χ0n) is 28.1. The highest BCUT2D eigenvalue weighted by atomic mass is 32.1. The highest BCUT2D eigenvalue weighted by molar-refractivity contribution is 7.26. The lowest BCUT2D eigenvalue weighted by Crippen LogP contribution is -2.01. The Morgan fingerprint density at radius 2 is 1.04 bits per heavy atom. The zero-order valence-corrected chi connectivity index (χ0v) is 29.8. The first kappa shape index (κ1) is 30.1. The molecule has 0 unspecified atom stereocenters. The van der Waals surface area contributed by atoms with Crippen molar-refractivity contribution in [3.8, 4) is 50.4 Å². The monoisotopic (exact) mass is 713 g/mol. The third kappa shape index (κ3) is 4.97. The van der Waals surface area contributed by atoms with Crippen molar-refractivity contribution in [1.82, 2.24) is 24.5 Å². The zero-order chi connectivity index (χ0) is 34.9. The minimum atomic E-state index is 0.636. The van der Waals surface area contributed by atoms with Gasteiger partial charge in [-0.2, -0.15) is 0 Å². The van der Waals surface area contributed by atoms with Gasteiger partial charge in [-0.3, -0.25) is 0 Å². The van der Waals surface area contributed by atoms with E-state index in [1.54, 1.807) is 22.7 Å². The number of thiophene rings is 1. The maximum absolute atomic E-state index is 5.16. The molecule has 0 spiro atoms. The second-order valence-corrected chi connectivity index (χ2v) is 15.2. The van der Waals surface area contributed by atoms with Crippen molar-refractivity contribution in [3.05, 3.63) is 164 Å². The van der Waals surface area contributed by atoms with Crippen LogP contribution in [0.25, 0.3) is 103 Å². The predicted octanol–water partition coefficient (Wildman–Crippen LogP) is 12.6. The minimum Gasteiger partial charge on any atom is -0.309 e. The van der Waals surface area contributed by atoms with Crippen molar-refractivity contribution in [2.24, 2.45) is 0 Å². The van der Waals surface area contributed by atoms with E-state index in [0.29, 0.717) is 17.5 Å². The average molecular weight is 714 g/mol. The van der Waals surface area contributed by atoms with Crippen molar-refractivity contribution in [3.63, 3.8) is 0 Å². The van der Waals surface area contributed by atoms with Gasteiger partial charge in [0.25, 0.3) is 0 Å². The van der Waals surface area contributed by atoms with Crippen LogP contribution in [0.5, 0.6) is 0 Å². The number of benzene rings is 7. The lowest BCUT2D eigenvalue weighted by molar-refractivity contribution is 1.07. The Labute approximate surface area is 312 Å². The van der Waals surface area contributed by atoms with Gasteiger partial charge in [0, 0.05) is 58.9 Å². The van der Waals surface area contributed by atoms with Crippen LogP contribution in [0.1, 0.15) is 0 Å². The van der Waals surface area contributed by atoms with E-state index in [2.05, 4.69) is 144 Å². The largest absolute Gasteiger partial charge is 0.309 e. The molecular formula is C46H27N5S2. The normalized spacial score (nSPS) is 11.8. The highest BCUT2D eigenvalue weighted by Gasteiger charge is 2.18. The summed E-state index contributed by atoms with van der Waals surface area (Å²) in [5.74, 6) is 1.95. The Hall–Kier alpha value is -6.54. The van der Waals surface area contributed by atoms with Gasteiger partial charge in [-0.1, -0.05) is 103 Å². The smallest absolute Gasteiger partial charge is 0.164 e. The van der Waals surface area contributed by atoms with Gasteiger partial charge in [0.15, 0.2) is 17.5 Å². The third-order valence-corrected chi connectivity index (χ3v) is 12.1. The van der Waals surface area contributed by atoms with Crippen LogP contribution in [0.15, 0.2) is 164 Å². The summed E-state index contributed by atoms with van der Waals surface area (Å²) in [5.41, 5.74) is 8.38. The first-order valence-corrected chi connectivity index (χ1v) is 19.1. The number of hydrogen-bond acceptors (Lipinski definition) is 6. The van der Waals surface area contributed by atoms with Gasteiger partial charge in [0.05, 0.1) is 21.3 Å². The summed E-state index contributed by atoms with van der Waals surface area (Å²) < 4.78 is 6.01. The summed E-state index contributed by atoms with van der Waals surface area (Å²) in [6, 6.07) is 57.4. The van der Waals surface area contributed by atoms with E-state index in [-0.39, 0.29) is 0 Å². The molecule has 0 aliphatic heterocycles. The molecule has 0 N–H and O–H groups in total. The summed E-state index contributed by atoms with van der Waals surface area (Å²) in [7, 11) is 0. The van der Waals surface area contributed by atoms with Gasteiger partial charge >= 0.3 is 0 Å². The standard InChI is InChI=1S/C46H27N5S2/c1-2-11-28(12-3-1)43-48-44(50-45(49-43)35-15-10-20-41-42(35)34-14-5-8-18-39(34)52-41)29-21-24-31(25-22-29)51-37-17-7-4-13-32(37)33-26-23-30(27-38(33)51)46-47-36-16-6-9-19-40(36)53-46/h1-27H. The number of thiazole rings is 1. The molecule has 0 aliphatic rings. The Kier molecular flexibility index (Phi) is 6.83. The number of para-hydroxylation sites is 2. The molecular weight excluding hydrogens is 687 g/mol. The molecule has 0 saturated carbocycles. The van der Waals surface area contributed by atoms with E-state index in [0.717, 1.165) is 49.5 Å². The van der Waals surface area contributed by atoms with Gasteiger partial charge in [-0.15, -0.1) is 22.7 Å². The quantitative estimate of drug-likeness (QED) is 0.178. The van der Waals surface area contributed by atoms with E-state index in [1.807, 2.05) is 24.3 Å². The summed E-state index contributed by atoms with van der Waals surface area (Å²) in [6.07, 6.45) is 0. The third-order valence-electron chi connectivity index (χ3n) is 9.91. The van der Waals surface area contributed by atoms with E-state index in [1.165, 1.54) is 35.6 Å². The molecule has 0 radical (unpaired) electrons. The van der Waals surface area contributed by atoms with Crippen molar-refractivity contribution >= 4 is 74.9 Å². The number of fused-ring (bicyclic) bond motifs is 7. The van der Waals surface area contributed by atoms with Crippen LogP contribution in [0, 0.1) is 0 Å². The van der Waals surface area contributed by atoms with Gasteiger partial charge in [0.2, 0.25) is 0 Å². The van der Waals surface area contributed by atoms with E-state index in [4.69, 9.17) is 19.9 Å². The maximum Gasteiger partial charge on any atom is 0.164 e. The fourth-order valence-electron chi connectivity index (χ4n) is 7.44. The molecule has 0 atom stereocenters. The summed E-state index contributed by atoms with van der Waals surface area (Å²) in [4.78, 5) is 20.3. The van der Waals surface area contributed by atoms with Crippen molar-refractivity contribution < 1.29 is 0 Å². The second kappa shape index (κ2) is 12.0.